The van der Waals surface area contributed by atoms with Gasteiger partial charge in [0.25, 0.3) is 5.91 Å². The highest BCUT2D eigenvalue weighted by Gasteiger charge is 2.29. The first-order valence-corrected chi connectivity index (χ1v) is 5.92. The number of aryl methyl sites for hydroxylation is 1. The van der Waals surface area contributed by atoms with Crippen LogP contribution in [0.15, 0.2) is 12.1 Å². The molecule has 2 heterocycles. The summed E-state index contributed by atoms with van der Waals surface area (Å²) in [6.45, 7) is 3.28. The number of rotatable bonds is 3. The maximum Gasteiger partial charge on any atom is 0.290 e. The third-order valence-electron chi connectivity index (χ3n) is 2.55. The zero-order valence-electron chi connectivity index (χ0n) is 8.66. The van der Waals surface area contributed by atoms with E-state index in [1.807, 2.05) is 6.07 Å². The molecule has 15 heavy (non-hydrogen) atoms. The Balaban J connectivity index is 2.03. The van der Waals surface area contributed by atoms with E-state index in [1.54, 1.807) is 16.2 Å². The van der Waals surface area contributed by atoms with Gasteiger partial charge in [-0.05, 0) is 18.6 Å². The van der Waals surface area contributed by atoms with E-state index in [0.29, 0.717) is 19.5 Å². The van der Waals surface area contributed by atoms with Crippen molar-refractivity contribution in [2.24, 2.45) is 0 Å². The van der Waals surface area contributed by atoms with E-state index in [1.165, 1.54) is 4.88 Å². The van der Waals surface area contributed by atoms with E-state index >= 15 is 0 Å². The van der Waals surface area contributed by atoms with E-state index in [-0.39, 0.29) is 11.7 Å². The van der Waals surface area contributed by atoms with E-state index in [4.69, 9.17) is 0 Å². The number of thiophene rings is 1. The fourth-order valence-electron chi connectivity index (χ4n) is 1.66. The van der Waals surface area contributed by atoms with Gasteiger partial charge in [0, 0.05) is 22.7 Å². The minimum Gasteiger partial charge on any atom is -0.331 e. The Bertz CT molecular complexity index is 397. The number of carbonyl (C=O) groups is 2. The minimum absolute atomic E-state index is 0.248. The van der Waals surface area contributed by atoms with Crippen LogP contribution in [0.5, 0.6) is 0 Å². The van der Waals surface area contributed by atoms with Crippen LogP contribution < -0.4 is 0 Å². The van der Waals surface area contributed by atoms with Crippen LogP contribution in [0.4, 0.5) is 0 Å². The first-order valence-electron chi connectivity index (χ1n) is 5.10. The molecule has 0 N–H and O–H groups in total. The lowest BCUT2D eigenvalue weighted by atomic mass is 10.3. The Hall–Kier alpha value is -1.16. The van der Waals surface area contributed by atoms with Gasteiger partial charge in [-0.25, -0.2) is 0 Å². The first kappa shape index (κ1) is 10.4. The van der Waals surface area contributed by atoms with Crippen molar-refractivity contribution in [2.75, 3.05) is 6.54 Å². The number of hydrogen-bond acceptors (Lipinski definition) is 3. The van der Waals surface area contributed by atoms with Crippen molar-refractivity contribution in [3.63, 3.8) is 0 Å². The highest BCUT2D eigenvalue weighted by molar-refractivity contribution is 7.11. The highest BCUT2D eigenvalue weighted by atomic mass is 32.1. The molecule has 0 aliphatic carbocycles. The number of ketones is 1. The molecule has 3 nitrogen and oxygen atoms in total. The highest BCUT2D eigenvalue weighted by Crippen LogP contribution is 2.20. The second kappa shape index (κ2) is 4.14. The Labute approximate surface area is 92.7 Å². The standard InChI is InChI=1S/C11H13NO2S/c1-2-8-3-4-9(15-8)7-12-6-5-10(13)11(12)14/h3-4H,2,5-7H2,1H3. The minimum atomic E-state index is -0.318. The van der Waals surface area contributed by atoms with Crippen LogP contribution in [0.2, 0.25) is 0 Å². The molecule has 1 aliphatic heterocycles. The van der Waals surface area contributed by atoms with Gasteiger partial charge in [-0.2, -0.15) is 0 Å². The zero-order valence-corrected chi connectivity index (χ0v) is 9.47. The molecular weight excluding hydrogens is 210 g/mol. The molecule has 0 saturated carbocycles. The zero-order chi connectivity index (χ0) is 10.8. The van der Waals surface area contributed by atoms with Crippen molar-refractivity contribution in [1.82, 2.24) is 4.90 Å². The molecule has 2 rings (SSSR count). The fourth-order valence-corrected chi connectivity index (χ4v) is 2.63. The van der Waals surface area contributed by atoms with E-state index in [9.17, 15) is 9.59 Å². The average Bonchev–Trinajstić information content (AvgIpc) is 2.80. The topological polar surface area (TPSA) is 37.4 Å². The lowest BCUT2D eigenvalue weighted by Crippen LogP contribution is -2.26. The lowest BCUT2D eigenvalue weighted by Gasteiger charge is -2.12. The van der Waals surface area contributed by atoms with Crippen LogP contribution in [0.3, 0.4) is 0 Å². The van der Waals surface area contributed by atoms with Gasteiger partial charge in [0.1, 0.15) is 0 Å². The summed E-state index contributed by atoms with van der Waals surface area (Å²) in [6.07, 6.45) is 1.41. The lowest BCUT2D eigenvalue weighted by molar-refractivity contribution is -0.140. The normalized spacial score (nSPS) is 16.5. The van der Waals surface area contributed by atoms with Crippen LogP contribution in [-0.2, 0) is 22.6 Å². The van der Waals surface area contributed by atoms with E-state index in [2.05, 4.69) is 13.0 Å². The Kier molecular flexibility index (Phi) is 2.86. The van der Waals surface area contributed by atoms with Crippen LogP contribution in [0.25, 0.3) is 0 Å². The largest absolute Gasteiger partial charge is 0.331 e. The number of nitrogens with zero attached hydrogens (tertiary/aromatic N) is 1. The molecule has 1 aromatic heterocycles. The summed E-state index contributed by atoms with van der Waals surface area (Å²) >= 11 is 1.72. The molecule has 1 amide bonds. The monoisotopic (exact) mass is 223 g/mol. The summed E-state index contributed by atoms with van der Waals surface area (Å²) in [7, 11) is 0. The maximum absolute atomic E-state index is 11.4. The third-order valence-corrected chi connectivity index (χ3v) is 3.76. The summed E-state index contributed by atoms with van der Waals surface area (Å²) in [4.78, 5) is 26.5. The molecular formula is C11H13NO2S. The molecule has 1 fully saturated rings. The van der Waals surface area contributed by atoms with Gasteiger partial charge in [0.2, 0.25) is 5.78 Å². The predicted octanol–water partition coefficient (Wildman–Crippen LogP) is 1.61. The Morgan fingerprint density at radius 3 is 2.60 bits per heavy atom. The second-order valence-corrected chi connectivity index (χ2v) is 4.87. The average molecular weight is 223 g/mol. The van der Waals surface area contributed by atoms with Crippen molar-refractivity contribution in [2.45, 2.75) is 26.3 Å². The van der Waals surface area contributed by atoms with Crippen LogP contribution in [-0.4, -0.2) is 23.1 Å². The Morgan fingerprint density at radius 1 is 1.33 bits per heavy atom. The Morgan fingerprint density at radius 2 is 2.07 bits per heavy atom. The van der Waals surface area contributed by atoms with Gasteiger partial charge >= 0.3 is 0 Å². The molecule has 0 unspecified atom stereocenters. The number of amides is 1. The molecule has 1 saturated heterocycles. The van der Waals surface area contributed by atoms with Crippen molar-refractivity contribution in [3.8, 4) is 0 Å². The molecule has 80 valence electrons. The quantitative estimate of drug-likeness (QED) is 0.730. The molecule has 0 atom stereocenters. The molecule has 0 aromatic carbocycles. The van der Waals surface area contributed by atoms with Gasteiger partial charge in [-0.3, -0.25) is 9.59 Å². The number of hydrogen-bond donors (Lipinski definition) is 0. The molecule has 0 spiro atoms. The smallest absolute Gasteiger partial charge is 0.290 e. The van der Waals surface area contributed by atoms with Gasteiger partial charge in [-0.15, -0.1) is 11.3 Å². The maximum atomic E-state index is 11.4. The second-order valence-electron chi connectivity index (χ2n) is 3.62. The van der Waals surface area contributed by atoms with Gasteiger partial charge in [-0.1, -0.05) is 6.92 Å². The van der Waals surface area contributed by atoms with Gasteiger partial charge in [0.05, 0.1) is 6.54 Å². The van der Waals surface area contributed by atoms with E-state index < -0.39 is 0 Å². The van der Waals surface area contributed by atoms with E-state index in [0.717, 1.165) is 11.3 Å². The number of Topliss-reactive ketones (excluding diaryl/α,β-unsaturated/α-hetero) is 1. The summed E-state index contributed by atoms with van der Waals surface area (Å²) in [5.41, 5.74) is 0. The van der Waals surface area contributed by atoms with Crippen molar-refractivity contribution in [1.29, 1.82) is 0 Å². The molecule has 1 aliphatic rings. The van der Waals surface area contributed by atoms with Crippen LogP contribution in [0.1, 0.15) is 23.1 Å². The van der Waals surface area contributed by atoms with Crippen LogP contribution >= 0.6 is 11.3 Å². The van der Waals surface area contributed by atoms with Crippen molar-refractivity contribution >= 4 is 23.0 Å². The summed E-state index contributed by atoms with van der Waals surface area (Å²) < 4.78 is 0. The summed E-state index contributed by atoms with van der Waals surface area (Å²) in [5, 5.41) is 0. The molecule has 0 bridgehead atoms. The molecule has 0 radical (unpaired) electrons. The van der Waals surface area contributed by atoms with Gasteiger partial charge < -0.3 is 4.90 Å². The number of carbonyl (C=O) groups excluding carboxylic acids is 2. The van der Waals surface area contributed by atoms with Crippen LogP contribution in [0, 0.1) is 0 Å². The molecule has 1 aromatic rings. The van der Waals surface area contributed by atoms with Crippen molar-refractivity contribution in [3.05, 3.63) is 21.9 Å². The number of likely N-dealkylation sites (tertiary alicyclic amines) is 1. The SMILES string of the molecule is CCc1ccc(CN2CCC(=O)C2=O)s1. The predicted molar refractivity (Wildman–Crippen MR) is 58.7 cm³/mol. The first-order chi connectivity index (χ1) is 7.20. The summed E-state index contributed by atoms with van der Waals surface area (Å²) in [5.74, 6) is -0.566. The summed E-state index contributed by atoms with van der Waals surface area (Å²) in [6, 6.07) is 4.13. The fraction of sp³-hybridized carbons (Fsp3) is 0.455. The van der Waals surface area contributed by atoms with Gasteiger partial charge in [0.15, 0.2) is 0 Å². The third kappa shape index (κ3) is 2.09. The van der Waals surface area contributed by atoms with Crippen molar-refractivity contribution < 1.29 is 9.59 Å². The molecule has 4 heteroatoms.